The molecule has 2 aromatic carbocycles. The number of amides is 1. The molecule has 0 spiro atoms. The summed E-state index contributed by atoms with van der Waals surface area (Å²) in [6.07, 6.45) is 5.73. The Kier molecular flexibility index (Phi) is 7.07. The molecule has 0 saturated carbocycles. The van der Waals surface area contributed by atoms with E-state index in [9.17, 15) is 9.59 Å². The SMILES string of the molecule is CCn1c(=O)c(C=C2SC(=S)N(CCCc3ccccc3)C2=O)c(N2CCCC2)c2ccccc21. The van der Waals surface area contributed by atoms with Crippen LogP contribution in [0.5, 0.6) is 0 Å². The Bertz CT molecular complexity index is 1360. The van der Waals surface area contributed by atoms with Gasteiger partial charge in [-0.25, -0.2) is 0 Å². The predicted molar refractivity (Wildman–Crippen MR) is 150 cm³/mol. The number of aromatic nitrogens is 1. The van der Waals surface area contributed by atoms with Crippen LogP contribution in [0, 0.1) is 0 Å². The number of hydrogen-bond acceptors (Lipinski definition) is 5. The fraction of sp³-hybridized carbons (Fsp3) is 0.321. The first-order chi connectivity index (χ1) is 17.1. The van der Waals surface area contributed by atoms with Crippen LogP contribution in [0.15, 0.2) is 64.3 Å². The van der Waals surface area contributed by atoms with Crippen molar-refractivity contribution in [3.63, 3.8) is 0 Å². The number of thioether (sulfide) groups is 1. The molecular formula is C28H29N3O2S2. The molecule has 180 valence electrons. The number of anilines is 1. The van der Waals surface area contributed by atoms with E-state index in [0.29, 0.717) is 27.9 Å². The number of benzene rings is 2. The molecular weight excluding hydrogens is 474 g/mol. The van der Waals surface area contributed by atoms with Gasteiger partial charge < -0.3 is 9.47 Å². The third kappa shape index (κ3) is 4.67. The molecule has 0 unspecified atom stereocenters. The summed E-state index contributed by atoms with van der Waals surface area (Å²) in [5.74, 6) is -0.101. The molecule has 5 nitrogen and oxygen atoms in total. The average molecular weight is 504 g/mol. The van der Waals surface area contributed by atoms with Gasteiger partial charge in [-0.05, 0) is 50.3 Å². The zero-order valence-electron chi connectivity index (χ0n) is 19.9. The fourth-order valence-electron chi connectivity index (χ4n) is 5.05. The Balaban J connectivity index is 1.50. The highest BCUT2D eigenvalue weighted by Crippen LogP contribution is 2.37. The van der Waals surface area contributed by atoms with E-state index in [4.69, 9.17) is 12.2 Å². The number of pyridine rings is 1. The minimum Gasteiger partial charge on any atom is -0.370 e. The molecule has 35 heavy (non-hydrogen) atoms. The van der Waals surface area contributed by atoms with Crippen LogP contribution in [0.25, 0.3) is 17.0 Å². The van der Waals surface area contributed by atoms with E-state index in [0.717, 1.165) is 55.4 Å². The summed E-state index contributed by atoms with van der Waals surface area (Å²) in [5.41, 5.74) is 3.68. The highest BCUT2D eigenvalue weighted by Gasteiger charge is 2.33. The van der Waals surface area contributed by atoms with Gasteiger partial charge in [-0.2, -0.15) is 0 Å². The molecule has 2 aliphatic heterocycles. The minimum absolute atomic E-state index is 0.0533. The molecule has 1 aromatic heterocycles. The highest BCUT2D eigenvalue weighted by molar-refractivity contribution is 8.26. The lowest BCUT2D eigenvalue weighted by Gasteiger charge is -2.24. The molecule has 5 rings (SSSR count). The van der Waals surface area contributed by atoms with E-state index in [2.05, 4.69) is 23.1 Å². The second kappa shape index (κ2) is 10.4. The van der Waals surface area contributed by atoms with E-state index in [-0.39, 0.29) is 11.5 Å². The van der Waals surface area contributed by atoms with Crippen molar-refractivity contribution in [2.75, 3.05) is 24.5 Å². The third-order valence-corrected chi connectivity index (χ3v) is 8.14. The molecule has 3 heterocycles. The Morgan fingerprint density at radius 1 is 1.00 bits per heavy atom. The normalized spacial score (nSPS) is 17.3. The second-order valence-corrected chi connectivity index (χ2v) is 10.6. The number of carbonyl (C=O) groups is 1. The predicted octanol–water partition coefficient (Wildman–Crippen LogP) is 5.46. The lowest BCUT2D eigenvalue weighted by Crippen LogP contribution is -2.30. The van der Waals surface area contributed by atoms with Crippen LogP contribution in [0.4, 0.5) is 5.69 Å². The summed E-state index contributed by atoms with van der Waals surface area (Å²) in [4.78, 5) is 31.6. The number of para-hydroxylation sites is 1. The maximum absolute atomic E-state index is 13.7. The van der Waals surface area contributed by atoms with Crippen LogP contribution in [0.2, 0.25) is 0 Å². The number of aryl methyl sites for hydroxylation is 2. The van der Waals surface area contributed by atoms with Crippen LogP contribution in [-0.4, -0.2) is 39.3 Å². The summed E-state index contributed by atoms with van der Waals surface area (Å²) in [6, 6.07) is 18.3. The number of hydrogen-bond donors (Lipinski definition) is 0. The summed E-state index contributed by atoms with van der Waals surface area (Å²) in [6.45, 7) is 4.97. The maximum Gasteiger partial charge on any atom is 0.266 e. The van der Waals surface area contributed by atoms with Crippen LogP contribution < -0.4 is 10.5 Å². The number of nitrogens with zero attached hydrogens (tertiary/aromatic N) is 3. The number of carbonyl (C=O) groups excluding carboxylic acids is 1. The van der Waals surface area contributed by atoms with Crippen LogP contribution in [-0.2, 0) is 17.8 Å². The van der Waals surface area contributed by atoms with Crippen molar-refractivity contribution in [3.05, 3.63) is 81.0 Å². The van der Waals surface area contributed by atoms with Crippen LogP contribution in [0.3, 0.4) is 0 Å². The van der Waals surface area contributed by atoms with Gasteiger partial charge in [0.25, 0.3) is 11.5 Å². The second-order valence-electron chi connectivity index (χ2n) is 8.95. The van der Waals surface area contributed by atoms with Crippen molar-refractivity contribution in [2.24, 2.45) is 0 Å². The Hall–Kier alpha value is -2.90. The molecule has 3 aromatic rings. The number of rotatable bonds is 7. The van der Waals surface area contributed by atoms with Crippen molar-refractivity contribution < 1.29 is 4.79 Å². The quantitative estimate of drug-likeness (QED) is 0.317. The molecule has 0 radical (unpaired) electrons. The molecule has 2 fully saturated rings. The summed E-state index contributed by atoms with van der Waals surface area (Å²) in [7, 11) is 0. The van der Waals surface area contributed by atoms with Crippen molar-refractivity contribution in [1.29, 1.82) is 0 Å². The minimum atomic E-state index is -0.101. The van der Waals surface area contributed by atoms with Gasteiger partial charge in [-0.3, -0.25) is 14.5 Å². The summed E-state index contributed by atoms with van der Waals surface area (Å²) < 4.78 is 2.37. The molecule has 1 amide bonds. The molecule has 2 aliphatic rings. The Labute approximate surface area is 215 Å². The average Bonchev–Trinajstić information content (AvgIpc) is 3.49. The Morgan fingerprint density at radius 3 is 2.46 bits per heavy atom. The third-order valence-electron chi connectivity index (χ3n) is 6.76. The van der Waals surface area contributed by atoms with Gasteiger partial charge >= 0.3 is 0 Å². The lowest BCUT2D eigenvalue weighted by atomic mass is 10.1. The van der Waals surface area contributed by atoms with Crippen LogP contribution in [0.1, 0.15) is 37.3 Å². The van der Waals surface area contributed by atoms with E-state index < -0.39 is 0 Å². The molecule has 0 N–H and O–H groups in total. The van der Waals surface area contributed by atoms with Gasteiger partial charge in [0.15, 0.2) is 0 Å². The number of fused-ring (bicyclic) bond motifs is 1. The Morgan fingerprint density at radius 2 is 1.71 bits per heavy atom. The monoisotopic (exact) mass is 503 g/mol. The molecule has 0 bridgehead atoms. The van der Waals surface area contributed by atoms with E-state index in [1.165, 1.54) is 17.3 Å². The zero-order valence-corrected chi connectivity index (χ0v) is 21.5. The smallest absolute Gasteiger partial charge is 0.266 e. The van der Waals surface area contributed by atoms with Crippen molar-refractivity contribution in [2.45, 2.75) is 39.2 Å². The zero-order chi connectivity index (χ0) is 24.4. The first-order valence-electron chi connectivity index (χ1n) is 12.3. The van der Waals surface area contributed by atoms with Gasteiger partial charge in [0.05, 0.1) is 21.7 Å². The van der Waals surface area contributed by atoms with Crippen molar-refractivity contribution in [1.82, 2.24) is 9.47 Å². The molecule has 7 heteroatoms. The van der Waals surface area contributed by atoms with E-state index in [1.807, 2.05) is 43.3 Å². The van der Waals surface area contributed by atoms with Gasteiger partial charge in [0.1, 0.15) is 4.32 Å². The fourth-order valence-corrected chi connectivity index (χ4v) is 6.34. The van der Waals surface area contributed by atoms with Gasteiger partial charge in [-0.1, -0.05) is 72.5 Å². The molecule has 0 atom stereocenters. The van der Waals surface area contributed by atoms with Gasteiger partial charge in [0.2, 0.25) is 0 Å². The summed E-state index contributed by atoms with van der Waals surface area (Å²) in [5, 5.41) is 1.06. The number of thiocarbonyl (C=S) groups is 1. The maximum atomic E-state index is 13.7. The van der Waals surface area contributed by atoms with Gasteiger partial charge in [-0.15, -0.1) is 0 Å². The van der Waals surface area contributed by atoms with E-state index >= 15 is 0 Å². The topological polar surface area (TPSA) is 45.6 Å². The van der Waals surface area contributed by atoms with Crippen LogP contribution >= 0.6 is 24.0 Å². The van der Waals surface area contributed by atoms with E-state index in [1.54, 1.807) is 15.5 Å². The first kappa shape index (κ1) is 23.8. The highest BCUT2D eigenvalue weighted by atomic mass is 32.2. The van der Waals surface area contributed by atoms with Gasteiger partial charge in [0, 0.05) is 31.6 Å². The standard InChI is InChI=1S/C28H29N3O2S2/c1-2-30-23-15-7-6-14-21(23)25(29-16-8-9-17-29)22(26(30)32)19-24-27(33)31(28(34)35-24)18-10-13-20-11-4-3-5-12-20/h3-7,11-12,14-15,19H,2,8-10,13,16-18H2,1H3. The molecule has 0 aliphatic carbocycles. The summed E-state index contributed by atoms with van der Waals surface area (Å²) >= 11 is 6.88. The van der Waals surface area contributed by atoms with Crippen molar-refractivity contribution >= 4 is 56.9 Å². The largest absolute Gasteiger partial charge is 0.370 e. The molecule has 2 saturated heterocycles. The van der Waals surface area contributed by atoms with Crippen molar-refractivity contribution in [3.8, 4) is 0 Å². The lowest BCUT2D eigenvalue weighted by molar-refractivity contribution is -0.122. The first-order valence-corrected chi connectivity index (χ1v) is 13.5.